The minimum Gasteiger partial charge on any atom is -0.473 e. The van der Waals surface area contributed by atoms with E-state index in [1.54, 1.807) is 19.2 Å². The fraction of sp³-hybridized carbons (Fsp3) is 0.297. The molecule has 1 aliphatic rings. The Bertz CT molecular complexity index is 1870. The standard InChI is InChI=1S/C36H35ClFN5O2.CH3NO/c1-44-18-17-43-34-12-9-27(19-25-5-7-26(22-39)8-6-25)20-33(34)40-35(43)23-42-15-13-28(14-16-42)32-3-2-4-36(41-32)45-24-29-10-11-30(37)21-31(29)38;2-1-3/h2-12,20-21,28H,13-19,23-24H2,1H3;1H,(H2,2,3). The van der Waals surface area contributed by atoms with Crippen molar-refractivity contribution in [1.82, 2.24) is 19.4 Å². The van der Waals surface area contributed by atoms with Crippen molar-refractivity contribution in [2.75, 3.05) is 26.8 Å². The highest BCUT2D eigenvalue weighted by Crippen LogP contribution is 2.30. The van der Waals surface area contributed by atoms with Crippen LogP contribution in [0.2, 0.25) is 5.02 Å². The predicted molar refractivity (Wildman–Crippen MR) is 183 cm³/mol. The van der Waals surface area contributed by atoms with E-state index in [1.807, 2.05) is 36.4 Å². The van der Waals surface area contributed by atoms with Crippen LogP contribution in [-0.2, 0) is 35.6 Å². The molecular weight excluding hydrogens is 631 g/mol. The average Bonchev–Trinajstić information content (AvgIpc) is 3.43. The molecule has 1 fully saturated rings. The normalized spacial score (nSPS) is 13.5. The highest BCUT2D eigenvalue weighted by Gasteiger charge is 2.24. The molecule has 0 unspecified atom stereocenters. The number of hydrogen-bond acceptors (Lipinski definition) is 7. The number of pyridine rings is 1. The molecule has 2 aromatic heterocycles. The zero-order chi connectivity index (χ0) is 33.9. The van der Waals surface area contributed by atoms with Crippen molar-refractivity contribution in [3.8, 4) is 11.9 Å². The van der Waals surface area contributed by atoms with Crippen LogP contribution in [0, 0.1) is 17.1 Å². The van der Waals surface area contributed by atoms with Crippen molar-refractivity contribution in [1.29, 1.82) is 5.26 Å². The zero-order valence-corrected chi connectivity index (χ0v) is 27.6. The Hall–Kier alpha value is -4.82. The fourth-order valence-electron chi connectivity index (χ4n) is 5.94. The second kappa shape index (κ2) is 16.8. The first-order valence-corrected chi connectivity index (χ1v) is 16.2. The number of rotatable bonds is 11. The summed E-state index contributed by atoms with van der Waals surface area (Å²) in [7, 11) is 1.73. The summed E-state index contributed by atoms with van der Waals surface area (Å²) in [5.74, 6) is 1.48. The van der Waals surface area contributed by atoms with Crippen molar-refractivity contribution in [3.05, 3.63) is 123 Å². The quantitative estimate of drug-likeness (QED) is 0.162. The van der Waals surface area contributed by atoms with Crippen LogP contribution in [0.4, 0.5) is 4.39 Å². The lowest BCUT2D eigenvalue weighted by atomic mass is 9.93. The SMILES string of the molecule is COCCn1c(CN2CCC(c3cccc(OCc4ccc(Cl)cc4F)n3)CC2)nc2cc(Cc3ccc(C#N)cc3)ccc21.NC=O. The molecule has 0 aliphatic carbocycles. The number of primary amides is 1. The summed E-state index contributed by atoms with van der Waals surface area (Å²) in [6.07, 6.45) is 3.00. The minimum atomic E-state index is -0.384. The molecule has 0 atom stereocenters. The van der Waals surface area contributed by atoms with Gasteiger partial charge in [-0.3, -0.25) is 9.69 Å². The Morgan fingerprint density at radius 2 is 1.79 bits per heavy atom. The molecule has 2 N–H and O–H groups in total. The van der Waals surface area contributed by atoms with Crippen molar-refractivity contribution in [2.45, 2.75) is 44.9 Å². The Morgan fingerprint density at radius 1 is 1.04 bits per heavy atom. The lowest BCUT2D eigenvalue weighted by Crippen LogP contribution is -2.33. The van der Waals surface area contributed by atoms with Crippen molar-refractivity contribution in [3.63, 3.8) is 0 Å². The van der Waals surface area contributed by atoms with E-state index in [2.05, 4.69) is 45.5 Å². The summed E-state index contributed by atoms with van der Waals surface area (Å²) in [5.41, 5.74) is 10.7. The number of carbonyl (C=O) groups is 1. The largest absolute Gasteiger partial charge is 0.473 e. The molecule has 0 bridgehead atoms. The number of benzene rings is 3. The third kappa shape index (κ3) is 8.95. The van der Waals surface area contributed by atoms with Gasteiger partial charge in [-0.1, -0.05) is 41.9 Å². The van der Waals surface area contributed by atoms with Crippen molar-refractivity contribution >= 4 is 29.0 Å². The fourth-order valence-corrected chi connectivity index (χ4v) is 6.10. The van der Waals surface area contributed by atoms with Crippen LogP contribution >= 0.6 is 11.6 Å². The summed E-state index contributed by atoms with van der Waals surface area (Å²) in [5, 5.41) is 9.45. The lowest BCUT2D eigenvalue weighted by Gasteiger charge is -2.31. The second-order valence-electron chi connectivity index (χ2n) is 11.6. The van der Waals surface area contributed by atoms with Gasteiger partial charge in [-0.05, 0) is 85.9 Å². The number of piperidine rings is 1. The van der Waals surface area contributed by atoms with Gasteiger partial charge < -0.3 is 19.8 Å². The Kier molecular flexibility index (Phi) is 12.1. The molecule has 0 spiro atoms. The van der Waals surface area contributed by atoms with Gasteiger partial charge in [0.15, 0.2) is 0 Å². The predicted octanol–water partition coefficient (Wildman–Crippen LogP) is 6.39. The number of halogens is 2. The molecule has 48 heavy (non-hydrogen) atoms. The third-order valence-corrected chi connectivity index (χ3v) is 8.64. The zero-order valence-electron chi connectivity index (χ0n) is 26.8. The van der Waals surface area contributed by atoms with Gasteiger partial charge >= 0.3 is 0 Å². The smallest absolute Gasteiger partial charge is 0.213 e. The maximum Gasteiger partial charge on any atom is 0.213 e. The number of fused-ring (bicyclic) bond motifs is 1. The van der Waals surface area contributed by atoms with Gasteiger partial charge in [0, 0.05) is 41.9 Å². The molecule has 1 saturated heterocycles. The number of nitrogens with two attached hydrogens (primary N) is 1. The topological polar surface area (TPSA) is 119 Å². The number of nitrogens with zero attached hydrogens (tertiary/aromatic N) is 5. The maximum atomic E-state index is 14.2. The molecule has 3 heterocycles. The summed E-state index contributed by atoms with van der Waals surface area (Å²) in [6, 6.07) is 26.8. The molecule has 5 aromatic rings. The number of hydrogen-bond donors (Lipinski definition) is 1. The third-order valence-electron chi connectivity index (χ3n) is 8.41. The van der Waals surface area contributed by atoms with Gasteiger partial charge in [0.1, 0.15) is 18.2 Å². The van der Waals surface area contributed by atoms with Crippen molar-refractivity contribution < 1.29 is 18.7 Å². The summed E-state index contributed by atoms with van der Waals surface area (Å²) >= 11 is 5.87. The van der Waals surface area contributed by atoms with E-state index in [0.717, 1.165) is 73.6 Å². The number of aromatic nitrogens is 3. The first-order chi connectivity index (χ1) is 23.4. The molecule has 0 radical (unpaired) electrons. The van der Waals surface area contributed by atoms with Gasteiger partial charge in [-0.2, -0.15) is 5.26 Å². The Labute approximate surface area is 284 Å². The summed E-state index contributed by atoms with van der Waals surface area (Å²) in [4.78, 5) is 20.9. The van der Waals surface area contributed by atoms with Gasteiger partial charge in [-0.25, -0.2) is 14.4 Å². The van der Waals surface area contributed by atoms with E-state index in [9.17, 15) is 4.39 Å². The maximum absolute atomic E-state index is 14.2. The number of ether oxygens (including phenoxy) is 2. The van der Waals surface area contributed by atoms with Crippen LogP contribution in [0.3, 0.4) is 0 Å². The first-order valence-electron chi connectivity index (χ1n) is 15.8. The number of carbonyl (C=O) groups excluding carboxylic acids is 1. The van der Waals surface area contributed by atoms with E-state index < -0.39 is 0 Å². The van der Waals surface area contributed by atoms with Crippen LogP contribution in [0.15, 0.2) is 78.9 Å². The lowest BCUT2D eigenvalue weighted by molar-refractivity contribution is -0.106. The Balaban J connectivity index is 0.00000145. The number of likely N-dealkylation sites (tertiary alicyclic amines) is 1. The summed E-state index contributed by atoms with van der Waals surface area (Å²) in [6.45, 7) is 4.08. The molecule has 0 saturated carbocycles. The monoisotopic (exact) mass is 668 g/mol. The number of methoxy groups -OCH3 is 1. The molecule has 1 aliphatic heterocycles. The minimum absolute atomic E-state index is 0.0961. The van der Waals surface area contributed by atoms with Gasteiger partial charge in [0.2, 0.25) is 12.3 Å². The molecular formula is C37H38ClFN6O3. The molecule has 11 heteroatoms. The van der Waals surface area contributed by atoms with Gasteiger partial charge in [0.05, 0.1) is 35.8 Å². The molecule has 248 valence electrons. The molecule has 6 rings (SSSR count). The first kappa shape index (κ1) is 34.5. The number of imidazole rings is 1. The Morgan fingerprint density at radius 3 is 2.50 bits per heavy atom. The van der Waals surface area contributed by atoms with Crippen LogP contribution in [-0.4, -0.2) is 52.7 Å². The molecule has 3 aromatic carbocycles. The van der Waals surface area contributed by atoms with E-state index in [0.29, 0.717) is 34.6 Å². The second-order valence-corrected chi connectivity index (χ2v) is 12.0. The molecule has 1 amide bonds. The van der Waals surface area contributed by atoms with Crippen LogP contribution in [0.25, 0.3) is 11.0 Å². The van der Waals surface area contributed by atoms with Gasteiger partial charge in [0.25, 0.3) is 0 Å². The van der Waals surface area contributed by atoms with E-state index in [4.69, 9.17) is 41.1 Å². The van der Waals surface area contributed by atoms with E-state index >= 15 is 0 Å². The summed E-state index contributed by atoms with van der Waals surface area (Å²) < 4.78 is 27.7. The van der Waals surface area contributed by atoms with E-state index in [-0.39, 0.29) is 18.8 Å². The number of amides is 1. The average molecular weight is 669 g/mol. The number of nitriles is 1. The highest BCUT2D eigenvalue weighted by molar-refractivity contribution is 6.30. The van der Waals surface area contributed by atoms with Crippen molar-refractivity contribution in [2.24, 2.45) is 5.73 Å². The van der Waals surface area contributed by atoms with Gasteiger partial charge in [-0.15, -0.1) is 0 Å². The van der Waals surface area contributed by atoms with E-state index in [1.165, 1.54) is 11.6 Å². The van der Waals surface area contributed by atoms with Crippen LogP contribution in [0.5, 0.6) is 5.88 Å². The molecule has 9 nitrogen and oxygen atoms in total. The van der Waals surface area contributed by atoms with Crippen LogP contribution < -0.4 is 10.5 Å². The highest BCUT2D eigenvalue weighted by atomic mass is 35.5. The van der Waals surface area contributed by atoms with Crippen LogP contribution in [0.1, 0.15) is 52.5 Å².